The zero-order valence-electron chi connectivity index (χ0n) is 11.4. The highest BCUT2D eigenvalue weighted by Gasteiger charge is 2.08. The minimum atomic E-state index is 0.0562. The molecule has 0 spiro atoms. The van der Waals surface area contributed by atoms with Crippen molar-refractivity contribution in [2.75, 3.05) is 0 Å². The standard InChI is InChI=1S/C17H16O2/c1-11-8-17(12(2)7-16(11)10-18)15-6-4-5-14(9-15)13(3)19/h4-10H,1-3H3. The average molecular weight is 252 g/mol. The summed E-state index contributed by atoms with van der Waals surface area (Å²) >= 11 is 0. The highest BCUT2D eigenvalue weighted by Crippen LogP contribution is 2.27. The first kappa shape index (κ1) is 13.2. The lowest BCUT2D eigenvalue weighted by molar-refractivity contribution is 0.101. The highest BCUT2D eigenvalue weighted by atomic mass is 16.1. The van der Waals surface area contributed by atoms with E-state index < -0.39 is 0 Å². The van der Waals surface area contributed by atoms with Gasteiger partial charge < -0.3 is 0 Å². The van der Waals surface area contributed by atoms with E-state index in [-0.39, 0.29) is 5.78 Å². The second kappa shape index (κ2) is 5.19. The van der Waals surface area contributed by atoms with Gasteiger partial charge in [0, 0.05) is 11.1 Å². The monoisotopic (exact) mass is 252 g/mol. The van der Waals surface area contributed by atoms with Gasteiger partial charge in [0.15, 0.2) is 5.78 Å². The van der Waals surface area contributed by atoms with E-state index in [0.29, 0.717) is 11.1 Å². The van der Waals surface area contributed by atoms with E-state index in [1.807, 2.05) is 50.2 Å². The lowest BCUT2D eigenvalue weighted by Gasteiger charge is -2.10. The number of hydrogen-bond acceptors (Lipinski definition) is 2. The van der Waals surface area contributed by atoms with Crippen molar-refractivity contribution in [1.82, 2.24) is 0 Å². The van der Waals surface area contributed by atoms with Crippen LogP contribution in [0.1, 0.15) is 38.8 Å². The normalized spacial score (nSPS) is 10.3. The van der Waals surface area contributed by atoms with Crippen LogP contribution >= 0.6 is 0 Å². The van der Waals surface area contributed by atoms with Crippen molar-refractivity contribution in [2.24, 2.45) is 0 Å². The Morgan fingerprint density at radius 2 is 1.79 bits per heavy atom. The van der Waals surface area contributed by atoms with E-state index in [4.69, 9.17) is 0 Å². The second-order valence-corrected chi connectivity index (χ2v) is 4.78. The summed E-state index contributed by atoms with van der Waals surface area (Å²) < 4.78 is 0. The average Bonchev–Trinajstić information content (AvgIpc) is 2.41. The number of carbonyl (C=O) groups is 2. The number of rotatable bonds is 3. The molecule has 0 heterocycles. The molecular formula is C17H16O2. The molecule has 2 rings (SSSR count). The first-order chi connectivity index (χ1) is 9.02. The Morgan fingerprint density at radius 3 is 2.42 bits per heavy atom. The van der Waals surface area contributed by atoms with Crippen molar-refractivity contribution >= 4 is 12.1 Å². The van der Waals surface area contributed by atoms with Crippen LogP contribution in [0.15, 0.2) is 36.4 Å². The molecule has 0 aliphatic rings. The van der Waals surface area contributed by atoms with Crippen molar-refractivity contribution in [2.45, 2.75) is 20.8 Å². The van der Waals surface area contributed by atoms with Gasteiger partial charge in [-0.3, -0.25) is 9.59 Å². The third kappa shape index (κ3) is 2.63. The van der Waals surface area contributed by atoms with Gasteiger partial charge in [-0.2, -0.15) is 0 Å². The van der Waals surface area contributed by atoms with E-state index in [9.17, 15) is 9.59 Å². The molecule has 0 aliphatic heterocycles. The predicted octanol–water partition coefficient (Wildman–Crippen LogP) is 3.99. The number of carbonyl (C=O) groups excluding carboxylic acids is 2. The van der Waals surface area contributed by atoms with E-state index in [0.717, 1.165) is 28.5 Å². The van der Waals surface area contributed by atoms with Crippen molar-refractivity contribution < 1.29 is 9.59 Å². The summed E-state index contributed by atoms with van der Waals surface area (Å²) in [5.41, 5.74) is 5.46. The molecule has 0 radical (unpaired) electrons. The summed E-state index contributed by atoms with van der Waals surface area (Å²) in [5.74, 6) is 0.0562. The van der Waals surface area contributed by atoms with Crippen LogP contribution in [-0.4, -0.2) is 12.1 Å². The van der Waals surface area contributed by atoms with Gasteiger partial charge in [-0.15, -0.1) is 0 Å². The lowest BCUT2D eigenvalue weighted by atomic mass is 9.94. The molecule has 19 heavy (non-hydrogen) atoms. The summed E-state index contributed by atoms with van der Waals surface area (Å²) in [7, 11) is 0. The van der Waals surface area contributed by atoms with Gasteiger partial charge in [0.05, 0.1) is 0 Å². The Labute approximate surface area is 113 Å². The summed E-state index contributed by atoms with van der Waals surface area (Å²) in [4.78, 5) is 22.4. The maximum Gasteiger partial charge on any atom is 0.159 e. The lowest BCUT2D eigenvalue weighted by Crippen LogP contribution is -1.95. The van der Waals surface area contributed by atoms with Crippen LogP contribution in [0.5, 0.6) is 0 Å². The van der Waals surface area contributed by atoms with Gasteiger partial charge in [-0.05, 0) is 55.2 Å². The molecule has 2 aromatic carbocycles. The smallest absolute Gasteiger partial charge is 0.159 e. The zero-order chi connectivity index (χ0) is 14.0. The van der Waals surface area contributed by atoms with Gasteiger partial charge in [0.2, 0.25) is 0 Å². The number of ketones is 1. The molecule has 0 saturated carbocycles. The molecule has 0 aromatic heterocycles. The van der Waals surface area contributed by atoms with Gasteiger partial charge in [0.1, 0.15) is 6.29 Å². The van der Waals surface area contributed by atoms with Crippen LogP contribution in [-0.2, 0) is 0 Å². The summed E-state index contributed by atoms with van der Waals surface area (Å²) in [5, 5.41) is 0. The second-order valence-electron chi connectivity index (χ2n) is 4.78. The molecular weight excluding hydrogens is 236 g/mol. The van der Waals surface area contributed by atoms with E-state index >= 15 is 0 Å². The minimum absolute atomic E-state index is 0.0562. The fraction of sp³-hybridized carbons (Fsp3) is 0.176. The molecule has 2 nitrogen and oxygen atoms in total. The Balaban J connectivity index is 2.59. The Hall–Kier alpha value is -2.22. The molecule has 0 fully saturated rings. The summed E-state index contributed by atoms with van der Waals surface area (Å²) in [6.45, 7) is 5.45. The predicted molar refractivity (Wildman–Crippen MR) is 76.7 cm³/mol. The molecule has 2 aromatic rings. The van der Waals surface area contributed by atoms with Gasteiger partial charge in [-0.1, -0.05) is 24.3 Å². The molecule has 96 valence electrons. The van der Waals surface area contributed by atoms with E-state index in [2.05, 4.69) is 0 Å². The number of Topliss-reactive ketones (excluding diaryl/α,β-unsaturated/α-hetero) is 1. The largest absolute Gasteiger partial charge is 0.298 e. The highest BCUT2D eigenvalue weighted by molar-refractivity contribution is 5.95. The topological polar surface area (TPSA) is 34.1 Å². The molecule has 0 atom stereocenters. The fourth-order valence-electron chi connectivity index (χ4n) is 2.18. The number of benzene rings is 2. The minimum Gasteiger partial charge on any atom is -0.298 e. The third-order valence-electron chi connectivity index (χ3n) is 3.32. The Morgan fingerprint density at radius 1 is 1.05 bits per heavy atom. The first-order valence-electron chi connectivity index (χ1n) is 6.20. The first-order valence-corrected chi connectivity index (χ1v) is 6.20. The SMILES string of the molecule is CC(=O)c1cccc(-c2cc(C)c(C=O)cc2C)c1. The maximum absolute atomic E-state index is 11.4. The van der Waals surface area contributed by atoms with E-state index in [1.54, 1.807) is 6.92 Å². The molecule has 0 unspecified atom stereocenters. The quantitative estimate of drug-likeness (QED) is 0.611. The molecule has 2 heteroatoms. The van der Waals surface area contributed by atoms with E-state index in [1.165, 1.54) is 0 Å². The number of aryl methyl sites for hydroxylation is 2. The van der Waals surface area contributed by atoms with Gasteiger partial charge in [0.25, 0.3) is 0 Å². The fourth-order valence-corrected chi connectivity index (χ4v) is 2.18. The van der Waals surface area contributed by atoms with Crippen LogP contribution in [0.3, 0.4) is 0 Å². The number of aldehydes is 1. The third-order valence-corrected chi connectivity index (χ3v) is 3.32. The van der Waals surface area contributed by atoms with Crippen LogP contribution in [0.4, 0.5) is 0 Å². The van der Waals surface area contributed by atoms with Gasteiger partial charge >= 0.3 is 0 Å². The number of hydrogen-bond donors (Lipinski definition) is 0. The van der Waals surface area contributed by atoms with Crippen molar-refractivity contribution in [3.05, 3.63) is 58.7 Å². The van der Waals surface area contributed by atoms with Crippen LogP contribution in [0.2, 0.25) is 0 Å². The summed E-state index contributed by atoms with van der Waals surface area (Å²) in [6.07, 6.45) is 0.873. The van der Waals surface area contributed by atoms with Crippen molar-refractivity contribution in [3.8, 4) is 11.1 Å². The Bertz CT molecular complexity index is 654. The molecule has 0 bridgehead atoms. The van der Waals surface area contributed by atoms with Crippen LogP contribution < -0.4 is 0 Å². The molecule has 0 N–H and O–H groups in total. The summed E-state index contributed by atoms with van der Waals surface area (Å²) in [6, 6.07) is 11.5. The van der Waals surface area contributed by atoms with Gasteiger partial charge in [-0.25, -0.2) is 0 Å². The molecule has 0 aliphatic carbocycles. The molecule has 0 amide bonds. The zero-order valence-corrected chi connectivity index (χ0v) is 11.4. The Kier molecular flexibility index (Phi) is 3.61. The van der Waals surface area contributed by atoms with Crippen molar-refractivity contribution in [3.63, 3.8) is 0 Å². The van der Waals surface area contributed by atoms with Crippen LogP contribution in [0.25, 0.3) is 11.1 Å². The van der Waals surface area contributed by atoms with Crippen LogP contribution in [0, 0.1) is 13.8 Å². The molecule has 0 saturated heterocycles. The maximum atomic E-state index is 11.4. The van der Waals surface area contributed by atoms with Crippen molar-refractivity contribution in [1.29, 1.82) is 0 Å².